The topological polar surface area (TPSA) is 74.2 Å². The molecule has 1 aliphatic rings. The van der Waals surface area contributed by atoms with Crippen LogP contribution in [0.15, 0.2) is 21.1 Å². The second-order valence-corrected chi connectivity index (χ2v) is 9.83. The first-order chi connectivity index (χ1) is 13.3. The van der Waals surface area contributed by atoms with Crippen LogP contribution >= 0.6 is 55.4 Å². The minimum atomic E-state index is -0.398. The number of nitriles is 1. The molecule has 0 spiro atoms. The summed E-state index contributed by atoms with van der Waals surface area (Å²) >= 11 is 13.6. The van der Waals surface area contributed by atoms with E-state index in [1.807, 2.05) is 0 Å². The Morgan fingerprint density at radius 2 is 2.18 bits per heavy atom. The Labute approximate surface area is 189 Å². The van der Waals surface area contributed by atoms with Gasteiger partial charge < -0.3 is 10.1 Å². The first-order valence-corrected chi connectivity index (χ1v) is 11.3. The van der Waals surface area contributed by atoms with Crippen LogP contribution in [-0.2, 0) is 12.8 Å². The number of carbonyl (C=O) groups excluding carboxylic acids is 1. The van der Waals surface area contributed by atoms with Crippen LogP contribution in [0, 0.1) is 17.2 Å². The van der Waals surface area contributed by atoms with Crippen molar-refractivity contribution in [3.63, 3.8) is 0 Å². The third kappa shape index (κ3) is 4.40. The zero-order chi connectivity index (χ0) is 20.4. The number of amides is 1. The molecule has 0 saturated carbocycles. The van der Waals surface area contributed by atoms with E-state index < -0.39 is 5.91 Å². The molecule has 1 aromatic heterocycles. The number of rotatable bonds is 3. The molecule has 0 bridgehead atoms. The summed E-state index contributed by atoms with van der Waals surface area (Å²) in [5, 5.41) is 16.1. The highest BCUT2D eigenvalue weighted by atomic mass is 79.9. The molecule has 1 aliphatic carbocycles. The lowest BCUT2D eigenvalue weighted by atomic mass is 9.89. The van der Waals surface area contributed by atoms with E-state index in [4.69, 9.17) is 17.0 Å². The van der Waals surface area contributed by atoms with Gasteiger partial charge in [-0.05, 0) is 71.0 Å². The zero-order valence-electron chi connectivity index (χ0n) is 15.2. The number of benzene rings is 1. The molecule has 1 aromatic carbocycles. The molecule has 0 unspecified atom stereocenters. The molecular formula is C19H17Br2N3O2S2. The third-order valence-corrected chi connectivity index (χ3v) is 6.96. The molecule has 1 amide bonds. The maximum Gasteiger partial charge on any atom is 0.261 e. The maximum absolute atomic E-state index is 12.7. The number of ether oxygens (including phenoxy) is 1. The van der Waals surface area contributed by atoms with Crippen LogP contribution in [0.2, 0.25) is 0 Å². The van der Waals surface area contributed by atoms with Crippen LogP contribution in [0.25, 0.3) is 0 Å². The molecule has 2 N–H and O–H groups in total. The first-order valence-electron chi connectivity index (χ1n) is 8.54. The Balaban J connectivity index is 1.79. The number of thiophene rings is 1. The molecule has 1 heterocycles. The van der Waals surface area contributed by atoms with Crippen molar-refractivity contribution in [2.24, 2.45) is 5.92 Å². The number of carbonyl (C=O) groups is 1. The second-order valence-electron chi connectivity index (χ2n) is 6.54. The van der Waals surface area contributed by atoms with E-state index in [1.54, 1.807) is 23.5 Å². The predicted octanol–water partition coefficient (Wildman–Crippen LogP) is 5.40. The molecule has 0 fully saturated rings. The Morgan fingerprint density at radius 1 is 1.43 bits per heavy atom. The van der Waals surface area contributed by atoms with E-state index in [0.717, 1.165) is 29.3 Å². The van der Waals surface area contributed by atoms with Gasteiger partial charge in [0.25, 0.3) is 5.91 Å². The third-order valence-electron chi connectivity index (χ3n) is 4.53. The molecule has 1 atom stereocenters. The predicted molar refractivity (Wildman–Crippen MR) is 122 cm³/mol. The van der Waals surface area contributed by atoms with Gasteiger partial charge in [-0.1, -0.05) is 22.9 Å². The van der Waals surface area contributed by atoms with Crippen molar-refractivity contribution in [2.75, 3.05) is 12.4 Å². The number of hydrogen-bond acceptors (Lipinski definition) is 5. The molecule has 0 aliphatic heterocycles. The number of hydrogen-bond donors (Lipinski definition) is 2. The van der Waals surface area contributed by atoms with Gasteiger partial charge in [0.15, 0.2) is 5.11 Å². The Morgan fingerprint density at radius 3 is 2.86 bits per heavy atom. The summed E-state index contributed by atoms with van der Waals surface area (Å²) in [5.74, 6) is 0.631. The van der Waals surface area contributed by atoms with Crippen molar-refractivity contribution in [1.29, 1.82) is 5.26 Å². The number of halogens is 2. The number of thiocarbonyl (C=S) groups is 1. The Bertz CT molecular complexity index is 998. The summed E-state index contributed by atoms with van der Waals surface area (Å²) in [6, 6.07) is 5.74. The summed E-state index contributed by atoms with van der Waals surface area (Å²) in [4.78, 5) is 13.9. The van der Waals surface area contributed by atoms with Gasteiger partial charge >= 0.3 is 0 Å². The number of fused-ring (bicyclic) bond motifs is 1. The zero-order valence-corrected chi connectivity index (χ0v) is 20.0. The molecule has 28 heavy (non-hydrogen) atoms. The SMILES string of the molecule is COc1c(Br)cc(Br)cc1C(=O)NC(=S)Nc1sc2c(c1C#N)CC[C@H](C)C2. The van der Waals surface area contributed by atoms with Gasteiger partial charge in [0.1, 0.15) is 16.8 Å². The number of methoxy groups -OCH3 is 1. The average molecular weight is 543 g/mol. The molecule has 0 radical (unpaired) electrons. The van der Waals surface area contributed by atoms with Crippen molar-refractivity contribution in [2.45, 2.75) is 26.2 Å². The van der Waals surface area contributed by atoms with Crippen molar-refractivity contribution in [1.82, 2.24) is 5.32 Å². The molecule has 0 saturated heterocycles. The fourth-order valence-electron chi connectivity index (χ4n) is 3.20. The van der Waals surface area contributed by atoms with Gasteiger partial charge in [-0.15, -0.1) is 11.3 Å². The summed E-state index contributed by atoms with van der Waals surface area (Å²) in [7, 11) is 1.50. The smallest absolute Gasteiger partial charge is 0.261 e. The lowest BCUT2D eigenvalue weighted by Crippen LogP contribution is -2.34. The van der Waals surface area contributed by atoms with Gasteiger partial charge in [0, 0.05) is 9.35 Å². The fraction of sp³-hybridized carbons (Fsp3) is 0.316. The second kappa shape index (κ2) is 8.91. The lowest BCUT2D eigenvalue weighted by Gasteiger charge is -2.17. The highest BCUT2D eigenvalue weighted by Gasteiger charge is 2.25. The molecule has 146 valence electrons. The van der Waals surface area contributed by atoms with Crippen molar-refractivity contribution in [3.8, 4) is 11.8 Å². The van der Waals surface area contributed by atoms with E-state index in [-0.39, 0.29) is 5.11 Å². The monoisotopic (exact) mass is 541 g/mol. The number of nitrogens with zero attached hydrogens (tertiary/aromatic N) is 1. The van der Waals surface area contributed by atoms with E-state index >= 15 is 0 Å². The standard InChI is InChI=1S/C19H17Br2N3O2S2/c1-9-3-4-11-13(8-22)18(28-15(11)5-9)24-19(27)23-17(25)12-6-10(20)7-14(21)16(12)26-2/h6-7,9H,3-5H2,1-2H3,(H2,23,24,25,27)/t9-/m0/s1. The number of anilines is 1. The largest absolute Gasteiger partial charge is 0.495 e. The number of nitrogens with one attached hydrogen (secondary N) is 2. The minimum absolute atomic E-state index is 0.145. The van der Waals surface area contributed by atoms with Gasteiger partial charge in [-0.3, -0.25) is 10.1 Å². The van der Waals surface area contributed by atoms with E-state index in [0.29, 0.717) is 32.3 Å². The molecule has 9 heteroatoms. The van der Waals surface area contributed by atoms with E-state index in [1.165, 1.54) is 12.0 Å². The minimum Gasteiger partial charge on any atom is -0.495 e. The van der Waals surface area contributed by atoms with Crippen LogP contribution in [0.5, 0.6) is 5.75 Å². The average Bonchev–Trinajstić information content (AvgIpc) is 2.96. The van der Waals surface area contributed by atoms with Gasteiger partial charge in [-0.2, -0.15) is 5.26 Å². The summed E-state index contributed by atoms with van der Waals surface area (Å²) in [6.45, 7) is 2.22. The van der Waals surface area contributed by atoms with Crippen LogP contribution in [-0.4, -0.2) is 18.1 Å². The summed E-state index contributed by atoms with van der Waals surface area (Å²) in [6.07, 6.45) is 2.95. The summed E-state index contributed by atoms with van der Waals surface area (Å²) < 4.78 is 6.71. The van der Waals surface area contributed by atoms with E-state index in [2.05, 4.69) is 55.5 Å². The van der Waals surface area contributed by atoms with Crippen molar-refractivity contribution in [3.05, 3.63) is 42.6 Å². The van der Waals surface area contributed by atoms with Gasteiger partial charge in [0.2, 0.25) is 0 Å². The Hall–Kier alpha value is -1.47. The van der Waals surface area contributed by atoms with Crippen molar-refractivity contribution >= 4 is 71.4 Å². The quantitative estimate of drug-likeness (QED) is 0.507. The van der Waals surface area contributed by atoms with Crippen LogP contribution < -0.4 is 15.4 Å². The molecular weight excluding hydrogens is 526 g/mol. The highest BCUT2D eigenvalue weighted by Crippen LogP contribution is 2.39. The van der Waals surface area contributed by atoms with Gasteiger partial charge in [-0.25, -0.2) is 0 Å². The van der Waals surface area contributed by atoms with E-state index in [9.17, 15) is 10.1 Å². The fourth-order valence-corrected chi connectivity index (χ4v) is 6.21. The highest BCUT2D eigenvalue weighted by molar-refractivity contribution is 9.11. The summed E-state index contributed by atoms with van der Waals surface area (Å²) in [5.41, 5.74) is 2.08. The molecule has 2 aromatic rings. The van der Waals surface area contributed by atoms with Crippen molar-refractivity contribution < 1.29 is 9.53 Å². The lowest BCUT2D eigenvalue weighted by molar-refractivity contribution is 0.0974. The Kier molecular flexibility index (Phi) is 6.76. The first kappa shape index (κ1) is 21.2. The van der Waals surface area contributed by atoms with Crippen LogP contribution in [0.3, 0.4) is 0 Å². The molecule has 3 rings (SSSR count). The van der Waals surface area contributed by atoms with Gasteiger partial charge in [0.05, 0.1) is 22.7 Å². The molecule has 5 nitrogen and oxygen atoms in total. The van der Waals surface area contributed by atoms with Crippen LogP contribution in [0.1, 0.15) is 39.7 Å². The van der Waals surface area contributed by atoms with Crippen LogP contribution in [0.4, 0.5) is 5.00 Å². The maximum atomic E-state index is 12.7. The normalized spacial score (nSPS) is 15.3.